The molecular formula is C16H28ClN5O3S. The Bertz CT molecular complexity index is 566. The van der Waals surface area contributed by atoms with Crippen molar-refractivity contribution in [1.82, 2.24) is 20.7 Å². The predicted octanol–water partition coefficient (Wildman–Crippen LogP) is 0.877. The van der Waals surface area contributed by atoms with Crippen molar-refractivity contribution in [3.8, 4) is 0 Å². The Morgan fingerprint density at radius 1 is 1.42 bits per heavy atom. The van der Waals surface area contributed by atoms with Crippen molar-refractivity contribution >= 4 is 41.8 Å². The molecule has 148 valence electrons. The molecule has 0 aliphatic carbocycles. The van der Waals surface area contributed by atoms with Gasteiger partial charge < -0.3 is 25.4 Å². The summed E-state index contributed by atoms with van der Waals surface area (Å²) in [7, 11) is 0. The third kappa shape index (κ3) is 8.39. The number of piperazine rings is 1. The minimum atomic E-state index is -0.344. The van der Waals surface area contributed by atoms with E-state index in [4.69, 9.17) is 4.52 Å². The van der Waals surface area contributed by atoms with Gasteiger partial charge in [-0.3, -0.25) is 9.59 Å². The summed E-state index contributed by atoms with van der Waals surface area (Å²) in [5.41, 5.74) is 0. The van der Waals surface area contributed by atoms with Crippen LogP contribution in [0.5, 0.6) is 0 Å². The van der Waals surface area contributed by atoms with Crippen LogP contribution >= 0.6 is 24.2 Å². The maximum absolute atomic E-state index is 12.0. The Labute approximate surface area is 164 Å². The van der Waals surface area contributed by atoms with Crippen molar-refractivity contribution in [2.24, 2.45) is 0 Å². The number of aryl methyl sites for hydroxylation is 1. The first kappa shape index (κ1) is 22.8. The van der Waals surface area contributed by atoms with E-state index in [1.165, 1.54) is 11.8 Å². The van der Waals surface area contributed by atoms with Crippen LogP contribution in [0, 0.1) is 6.92 Å². The number of aromatic nitrogens is 1. The molecule has 0 spiro atoms. The van der Waals surface area contributed by atoms with Crippen molar-refractivity contribution < 1.29 is 14.1 Å². The number of thioether (sulfide) groups is 1. The van der Waals surface area contributed by atoms with Crippen molar-refractivity contribution in [1.29, 1.82) is 0 Å². The lowest BCUT2D eigenvalue weighted by atomic mass is 10.3. The number of nitrogens with one attached hydrogen (secondary N) is 3. The highest BCUT2D eigenvalue weighted by molar-refractivity contribution is 8.01. The quantitative estimate of drug-likeness (QED) is 0.524. The van der Waals surface area contributed by atoms with Crippen LogP contribution in [0.4, 0.5) is 5.82 Å². The van der Waals surface area contributed by atoms with E-state index < -0.39 is 0 Å². The lowest BCUT2D eigenvalue weighted by Crippen LogP contribution is -2.44. The summed E-state index contributed by atoms with van der Waals surface area (Å²) in [6.45, 7) is 9.42. The molecule has 1 atom stereocenters. The number of anilines is 1. The summed E-state index contributed by atoms with van der Waals surface area (Å²) < 4.78 is 4.90. The lowest BCUT2D eigenvalue weighted by molar-refractivity contribution is -0.118. The summed E-state index contributed by atoms with van der Waals surface area (Å²) in [4.78, 5) is 26.3. The Morgan fingerprint density at radius 2 is 2.15 bits per heavy atom. The first-order valence-corrected chi connectivity index (χ1v) is 9.65. The van der Waals surface area contributed by atoms with E-state index >= 15 is 0 Å². The van der Waals surface area contributed by atoms with Crippen molar-refractivity contribution in [2.75, 3.05) is 50.3 Å². The van der Waals surface area contributed by atoms with Gasteiger partial charge >= 0.3 is 0 Å². The molecule has 1 aromatic rings. The van der Waals surface area contributed by atoms with Gasteiger partial charge in [-0.05, 0) is 26.8 Å². The predicted molar refractivity (Wildman–Crippen MR) is 106 cm³/mol. The van der Waals surface area contributed by atoms with Crippen LogP contribution in [0.1, 0.15) is 19.1 Å². The van der Waals surface area contributed by atoms with Crippen molar-refractivity contribution in [3.05, 3.63) is 11.8 Å². The molecule has 0 bridgehead atoms. The fourth-order valence-electron chi connectivity index (χ4n) is 2.45. The normalized spacial score (nSPS) is 15.8. The molecule has 1 unspecified atom stereocenters. The first-order valence-electron chi connectivity index (χ1n) is 8.60. The molecule has 8 nitrogen and oxygen atoms in total. The highest BCUT2D eigenvalue weighted by Gasteiger charge is 2.16. The molecule has 1 aromatic heterocycles. The minimum Gasteiger partial charge on any atom is -0.360 e. The second-order valence-electron chi connectivity index (χ2n) is 6.06. The summed E-state index contributed by atoms with van der Waals surface area (Å²) in [5, 5.41) is 12.3. The smallest absolute Gasteiger partial charge is 0.238 e. The van der Waals surface area contributed by atoms with E-state index in [2.05, 4.69) is 26.0 Å². The monoisotopic (exact) mass is 405 g/mol. The van der Waals surface area contributed by atoms with Crippen molar-refractivity contribution in [2.45, 2.75) is 25.5 Å². The summed E-state index contributed by atoms with van der Waals surface area (Å²) in [5.74, 6) is 1.07. The number of carbonyl (C=O) groups excluding carboxylic acids is 2. The van der Waals surface area contributed by atoms with Crippen LogP contribution in [-0.2, 0) is 9.59 Å². The maximum atomic E-state index is 12.0. The number of amides is 2. The standard InChI is InChI=1S/C16H27N5O3S.ClH/c1-12-10-14(20-24-12)19-16(23)13(2)25-11-15(22)18-4-3-7-21-8-5-17-6-9-21;/h10,13,17H,3-9,11H2,1-2H3,(H,18,22)(H,19,20,23);1H. The van der Waals surface area contributed by atoms with E-state index in [1.807, 2.05) is 0 Å². The zero-order valence-electron chi connectivity index (χ0n) is 15.2. The summed E-state index contributed by atoms with van der Waals surface area (Å²) in [6.07, 6.45) is 0.942. The molecule has 3 N–H and O–H groups in total. The number of hydrogen-bond donors (Lipinski definition) is 3. The van der Waals surface area contributed by atoms with E-state index in [1.54, 1.807) is 19.9 Å². The zero-order chi connectivity index (χ0) is 18.1. The second kappa shape index (κ2) is 12.2. The largest absolute Gasteiger partial charge is 0.360 e. The van der Waals surface area contributed by atoms with Gasteiger partial charge in [0, 0.05) is 38.8 Å². The Kier molecular flexibility index (Phi) is 10.6. The van der Waals surface area contributed by atoms with Gasteiger partial charge in [0.2, 0.25) is 11.8 Å². The minimum absolute atomic E-state index is 0. The molecular weight excluding hydrogens is 378 g/mol. The van der Waals surface area contributed by atoms with Gasteiger partial charge in [0.1, 0.15) is 5.76 Å². The summed E-state index contributed by atoms with van der Waals surface area (Å²) in [6, 6.07) is 1.65. The fraction of sp³-hybridized carbons (Fsp3) is 0.688. The Balaban J connectivity index is 0.00000338. The van der Waals surface area contributed by atoms with Gasteiger partial charge in [-0.1, -0.05) is 5.16 Å². The second-order valence-corrected chi connectivity index (χ2v) is 7.39. The molecule has 1 aliphatic rings. The molecule has 2 rings (SSSR count). The third-order valence-electron chi connectivity index (χ3n) is 3.90. The van der Waals surface area contributed by atoms with E-state index in [0.29, 0.717) is 18.1 Å². The number of nitrogens with zero attached hydrogens (tertiary/aromatic N) is 2. The average Bonchev–Trinajstić information content (AvgIpc) is 3.02. The molecule has 1 aliphatic heterocycles. The SMILES string of the molecule is Cc1cc(NC(=O)C(C)SCC(=O)NCCCN2CCNCC2)no1.Cl. The molecule has 1 saturated heterocycles. The summed E-state index contributed by atoms with van der Waals surface area (Å²) >= 11 is 1.30. The lowest BCUT2D eigenvalue weighted by Gasteiger charge is -2.27. The fourth-order valence-corrected chi connectivity index (χ4v) is 3.16. The van der Waals surface area contributed by atoms with Crippen LogP contribution in [0.2, 0.25) is 0 Å². The zero-order valence-corrected chi connectivity index (χ0v) is 16.9. The van der Waals surface area contributed by atoms with Gasteiger partial charge in [0.15, 0.2) is 5.82 Å². The number of carbonyl (C=O) groups is 2. The number of halogens is 1. The Morgan fingerprint density at radius 3 is 2.81 bits per heavy atom. The number of hydrogen-bond acceptors (Lipinski definition) is 7. The molecule has 26 heavy (non-hydrogen) atoms. The van der Waals surface area contributed by atoms with Crippen molar-refractivity contribution in [3.63, 3.8) is 0 Å². The van der Waals surface area contributed by atoms with E-state index in [9.17, 15) is 9.59 Å². The van der Waals surface area contributed by atoms with E-state index in [0.717, 1.165) is 39.1 Å². The van der Waals surface area contributed by atoms with Crippen LogP contribution < -0.4 is 16.0 Å². The number of rotatable bonds is 9. The van der Waals surface area contributed by atoms with E-state index in [-0.39, 0.29) is 35.2 Å². The van der Waals surface area contributed by atoms with Gasteiger partial charge in [0.05, 0.1) is 11.0 Å². The maximum Gasteiger partial charge on any atom is 0.238 e. The Hall–Kier alpha value is -1.29. The van der Waals surface area contributed by atoms with Crippen LogP contribution in [0.25, 0.3) is 0 Å². The third-order valence-corrected chi connectivity index (χ3v) is 5.04. The van der Waals surface area contributed by atoms with Crippen LogP contribution in [-0.4, -0.2) is 72.1 Å². The molecule has 10 heteroatoms. The first-order chi connectivity index (χ1) is 12.0. The topological polar surface area (TPSA) is 99.5 Å². The molecule has 0 aromatic carbocycles. The average molecular weight is 406 g/mol. The van der Waals surface area contributed by atoms with Gasteiger partial charge in [-0.2, -0.15) is 0 Å². The van der Waals surface area contributed by atoms with Gasteiger partial charge in [-0.25, -0.2) is 0 Å². The van der Waals surface area contributed by atoms with Gasteiger partial charge in [0.25, 0.3) is 0 Å². The van der Waals surface area contributed by atoms with Gasteiger partial charge in [-0.15, -0.1) is 24.2 Å². The van der Waals surface area contributed by atoms with Crippen LogP contribution in [0.3, 0.4) is 0 Å². The molecule has 0 radical (unpaired) electrons. The highest BCUT2D eigenvalue weighted by atomic mass is 35.5. The molecule has 2 heterocycles. The highest BCUT2D eigenvalue weighted by Crippen LogP contribution is 2.14. The molecule has 2 amide bonds. The van der Waals surface area contributed by atoms with Crippen LogP contribution in [0.15, 0.2) is 10.6 Å². The molecule has 0 saturated carbocycles. The molecule has 1 fully saturated rings.